The first-order valence-electron chi connectivity index (χ1n) is 3.21. The summed E-state index contributed by atoms with van der Waals surface area (Å²) in [5.74, 6) is -2.84. The van der Waals surface area contributed by atoms with Crippen molar-refractivity contribution in [2.24, 2.45) is 5.73 Å². The lowest BCUT2D eigenvalue weighted by Crippen LogP contribution is -2.30. The molecular weight excluding hydrogens is 250 g/mol. The number of nitrogens with two attached hydrogens (primary N) is 1. The Hall–Kier alpha value is -0.0700. The zero-order chi connectivity index (χ0) is 9.19. The Balaban J connectivity index is 2.63. The Bertz CT molecular complexity index is 264. The van der Waals surface area contributed by atoms with Crippen LogP contribution in [0.4, 0.5) is 8.78 Å². The second kappa shape index (κ2) is 3.76. The number of rotatable bonds is 3. The van der Waals surface area contributed by atoms with E-state index >= 15 is 0 Å². The molecule has 0 spiro atoms. The zero-order valence-corrected chi connectivity index (χ0v) is 8.46. The third kappa shape index (κ3) is 2.76. The van der Waals surface area contributed by atoms with Gasteiger partial charge in [-0.3, -0.25) is 0 Å². The van der Waals surface area contributed by atoms with E-state index in [0.29, 0.717) is 5.01 Å². The summed E-state index contributed by atoms with van der Waals surface area (Å²) in [6.07, 6.45) is 1.13. The van der Waals surface area contributed by atoms with E-state index in [9.17, 15) is 8.78 Å². The van der Waals surface area contributed by atoms with Crippen LogP contribution in [0.1, 0.15) is 5.01 Å². The maximum absolute atomic E-state index is 12.7. The summed E-state index contributed by atoms with van der Waals surface area (Å²) in [4.78, 5) is 3.78. The monoisotopic (exact) mass is 256 g/mol. The highest BCUT2D eigenvalue weighted by Crippen LogP contribution is 2.25. The van der Waals surface area contributed by atoms with Crippen LogP contribution in [0.3, 0.4) is 0 Å². The SMILES string of the molecule is NCC(F)(F)Cc1ncc(Br)s1. The number of aromatic nitrogens is 1. The van der Waals surface area contributed by atoms with Gasteiger partial charge in [0.2, 0.25) is 0 Å². The Morgan fingerprint density at radius 3 is 2.75 bits per heavy atom. The fraction of sp³-hybridized carbons (Fsp3) is 0.500. The van der Waals surface area contributed by atoms with Gasteiger partial charge in [-0.05, 0) is 15.9 Å². The van der Waals surface area contributed by atoms with Crippen LogP contribution in [0.5, 0.6) is 0 Å². The lowest BCUT2D eigenvalue weighted by atomic mass is 10.2. The second-order valence-corrected chi connectivity index (χ2v) is 4.79. The van der Waals surface area contributed by atoms with Crippen LogP contribution in [-0.4, -0.2) is 17.5 Å². The van der Waals surface area contributed by atoms with Crippen molar-refractivity contribution < 1.29 is 8.78 Å². The van der Waals surface area contributed by atoms with Gasteiger partial charge in [-0.25, -0.2) is 13.8 Å². The molecule has 0 saturated heterocycles. The smallest absolute Gasteiger partial charge is 0.266 e. The maximum Gasteiger partial charge on any atom is 0.266 e. The summed E-state index contributed by atoms with van der Waals surface area (Å²) < 4.78 is 26.1. The summed E-state index contributed by atoms with van der Waals surface area (Å²) >= 11 is 4.34. The molecule has 1 aromatic rings. The third-order valence-electron chi connectivity index (χ3n) is 1.23. The van der Waals surface area contributed by atoms with Crippen molar-refractivity contribution in [1.29, 1.82) is 0 Å². The predicted molar refractivity (Wildman–Crippen MR) is 47.5 cm³/mol. The molecule has 1 heterocycles. The highest BCUT2D eigenvalue weighted by Gasteiger charge is 2.28. The van der Waals surface area contributed by atoms with Gasteiger partial charge >= 0.3 is 0 Å². The molecule has 0 aliphatic carbocycles. The molecule has 2 N–H and O–H groups in total. The Kier molecular flexibility index (Phi) is 3.14. The molecular formula is C6H7BrF2N2S. The highest BCUT2D eigenvalue weighted by molar-refractivity contribution is 9.11. The second-order valence-electron chi connectivity index (χ2n) is 2.29. The Labute approximate surface area is 80.9 Å². The molecule has 6 heteroatoms. The van der Waals surface area contributed by atoms with E-state index in [1.807, 2.05) is 0 Å². The molecule has 0 atom stereocenters. The van der Waals surface area contributed by atoms with Gasteiger partial charge < -0.3 is 5.73 Å². The van der Waals surface area contributed by atoms with Gasteiger partial charge in [-0.1, -0.05) is 0 Å². The Morgan fingerprint density at radius 1 is 1.67 bits per heavy atom. The molecule has 0 fully saturated rings. The maximum atomic E-state index is 12.7. The van der Waals surface area contributed by atoms with Gasteiger partial charge in [0, 0.05) is 0 Å². The largest absolute Gasteiger partial charge is 0.325 e. The Morgan fingerprint density at radius 2 is 2.33 bits per heavy atom. The van der Waals surface area contributed by atoms with Crippen LogP contribution >= 0.6 is 27.3 Å². The fourth-order valence-corrected chi connectivity index (χ4v) is 2.05. The summed E-state index contributed by atoms with van der Waals surface area (Å²) in [7, 11) is 0. The molecule has 0 radical (unpaired) electrons. The number of halogens is 3. The first-order valence-corrected chi connectivity index (χ1v) is 4.82. The average Bonchev–Trinajstić information content (AvgIpc) is 2.35. The zero-order valence-electron chi connectivity index (χ0n) is 6.06. The first kappa shape index (κ1) is 10.0. The molecule has 68 valence electrons. The summed E-state index contributed by atoms with van der Waals surface area (Å²) in [5, 5.41) is 0.400. The predicted octanol–water partition coefficient (Wildman–Crippen LogP) is 2.04. The summed E-state index contributed by atoms with van der Waals surface area (Å²) in [6, 6.07) is 0. The minimum absolute atomic E-state index is 0.375. The molecule has 1 rings (SSSR count). The van der Waals surface area contributed by atoms with Crippen molar-refractivity contribution in [3.05, 3.63) is 15.0 Å². The molecule has 12 heavy (non-hydrogen) atoms. The minimum Gasteiger partial charge on any atom is -0.325 e. The molecule has 0 aliphatic heterocycles. The highest BCUT2D eigenvalue weighted by atomic mass is 79.9. The van der Waals surface area contributed by atoms with Crippen molar-refractivity contribution in [1.82, 2.24) is 4.98 Å². The van der Waals surface area contributed by atoms with Crippen molar-refractivity contribution in [3.63, 3.8) is 0 Å². The van der Waals surface area contributed by atoms with Gasteiger partial charge in [0.1, 0.15) is 0 Å². The van der Waals surface area contributed by atoms with E-state index in [-0.39, 0.29) is 6.42 Å². The molecule has 0 unspecified atom stereocenters. The van der Waals surface area contributed by atoms with Crippen LogP contribution in [0, 0.1) is 0 Å². The molecule has 0 saturated carbocycles. The normalized spacial score (nSPS) is 12.0. The van der Waals surface area contributed by atoms with E-state index < -0.39 is 12.5 Å². The lowest BCUT2D eigenvalue weighted by Gasteiger charge is -2.10. The van der Waals surface area contributed by atoms with Gasteiger partial charge in [0.25, 0.3) is 5.92 Å². The molecule has 0 bridgehead atoms. The topological polar surface area (TPSA) is 38.9 Å². The van der Waals surface area contributed by atoms with Crippen LogP contribution in [0.2, 0.25) is 0 Å². The van der Waals surface area contributed by atoms with Crippen LogP contribution < -0.4 is 5.73 Å². The number of thiazole rings is 1. The van der Waals surface area contributed by atoms with Gasteiger partial charge in [-0.2, -0.15) is 0 Å². The minimum atomic E-state index is -2.84. The van der Waals surface area contributed by atoms with E-state index in [1.165, 1.54) is 17.5 Å². The van der Waals surface area contributed by atoms with Crippen LogP contribution in [-0.2, 0) is 6.42 Å². The van der Waals surface area contributed by atoms with Gasteiger partial charge in [0.15, 0.2) is 0 Å². The number of hydrogen-bond donors (Lipinski definition) is 1. The van der Waals surface area contributed by atoms with E-state index in [2.05, 4.69) is 20.9 Å². The summed E-state index contributed by atoms with van der Waals surface area (Å²) in [6.45, 7) is -0.635. The van der Waals surface area contributed by atoms with Crippen molar-refractivity contribution in [2.45, 2.75) is 12.3 Å². The third-order valence-corrected chi connectivity index (χ3v) is 2.71. The first-order chi connectivity index (χ1) is 5.53. The van der Waals surface area contributed by atoms with Crippen molar-refractivity contribution >= 4 is 27.3 Å². The van der Waals surface area contributed by atoms with E-state index in [4.69, 9.17) is 5.73 Å². The molecule has 1 aromatic heterocycles. The van der Waals surface area contributed by atoms with E-state index in [0.717, 1.165) is 3.79 Å². The molecule has 2 nitrogen and oxygen atoms in total. The summed E-state index contributed by atoms with van der Waals surface area (Å²) in [5.41, 5.74) is 4.88. The van der Waals surface area contributed by atoms with Gasteiger partial charge in [0.05, 0.1) is 28.0 Å². The average molecular weight is 257 g/mol. The standard InChI is InChI=1S/C6H7BrF2N2S/c7-4-2-11-5(12-4)1-6(8,9)3-10/h2H,1,3,10H2. The fourth-order valence-electron chi connectivity index (χ4n) is 0.663. The number of alkyl halides is 2. The number of hydrogen-bond acceptors (Lipinski definition) is 3. The molecule has 0 aliphatic rings. The van der Waals surface area contributed by atoms with E-state index in [1.54, 1.807) is 0 Å². The van der Waals surface area contributed by atoms with Crippen LogP contribution in [0.15, 0.2) is 9.98 Å². The van der Waals surface area contributed by atoms with Crippen LogP contribution in [0.25, 0.3) is 0 Å². The quantitative estimate of drug-likeness (QED) is 0.899. The van der Waals surface area contributed by atoms with Crippen molar-refractivity contribution in [2.75, 3.05) is 6.54 Å². The van der Waals surface area contributed by atoms with Gasteiger partial charge in [-0.15, -0.1) is 11.3 Å². The number of nitrogens with zero attached hydrogens (tertiary/aromatic N) is 1. The molecule has 0 amide bonds. The van der Waals surface area contributed by atoms with Crippen molar-refractivity contribution in [3.8, 4) is 0 Å². The lowest BCUT2D eigenvalue weighted by molar-refractivity contribution is 0.0114. The molecule has 0 aromatic carbocycles.